The third kappa shape index (κ3) is 2.36. The number of fused-ring (bicyclic) bond motifs is 1. The van der Waals surface area contributed by atoms with Gasteiger partial charge in [0.25, 0.3) is 0 Å². The average molecular weight is 259 g/mol. The van der Waals surface area contributed by atoms with Gasteiger partial charge in [-0.15, -0.1) is 0 Å². The molecule has 1 aromatic carbocycles. The van der Waals surface area contributed by atoms with Gasteiger partial charge in [-0.05, 0) is 29.2 Å². The molecule has 1 aromatic rings. The van der Waals surface area contributed by atoms with Crippen LogP contribution in [0.3, 0.4) is 0 Å². The predicted octanol–water partition coefficient (Wildman–Crippen LogP) is 4.35. The average Bonchev–Trinajstić information content (AvgIpc) is 2.49. The van der Waals surface area contributed by atoms with Crippen LogP contribution in [-0.4, -0.2) is 14.2 Å². The molecule has 0 aromatic heterocycles. The van der Waals surface area contributed by atoms with E-state index in [1.807, 2.05) is 6.07 Å². The smallest absolute Gasteiger partial charge is 0.119 e. The number of nitrogens with zero attached hydrogens (tertiary/aromatic N) is 1. The third-order valence-electron chi connectivity index (χ3n) is 3.81. The van der Waals surface area contributed by atoms with E-state index in [-0.39, 0.29) is 10.8 Å². The van der Waals surface area contributed by atoms with Gasteiger partial charge in [0.05, 0.1) is 7.11 Å². The summed E-state index contributed by atoms with van der Waals surface area (Å²) in [5.41, 5.74) is 4.17. The summed E-state index contributed by atoms with van der Waals surface area (Å²) < 4.78 is 5.37. The summed E-state index contributed by atoms with van der Waals surface area (Å²) >= 11 is 0. The van der Waals surface area contributed by atoms with Crippen molar-refractivity contribution in [3.63, 3.8) is 0 Å². The first-order chi connectivity index (χ1) is 8.66. The molecule has 1 heterocycles. The van der Waals surface area contributed by atoms with Gasteiger partial charge < -0.3 is 9.64 Å². The zero-order chi connectivity index (χ0) is 14.4. The number of benzene rings is 1. The van der Waals surface area contributed by atoms with E-state index in [0.29, 0.717) is 0 Å². The number of likely N-dealkylation sites (N-methyl/N-ethyl adjacent to an activating group) is 1. The summed E-state index contributed by atoms with van der Waals surface area (Å²) in [6.07, 6.45) is 2.37. The molecule has 0 saturated carbocycles. The standard InChI is InChI=1S/C17H25NO/c1-16(2,3)11-15-17(4,5)13-10-12(19-7)8-9-14(13)18(15)6/h8-11H,1-7H3/b15-11+. The normalized spacial score (nSPS) is 19.7. The second kappa shape index (κ2) is 4.29. The molecular weight excluding hydrogens is 234 g/mol. The lowest BCUT2D eigenvalue weighted by Crippen LogP contribution is -2.24. The Morgan fingerprint density at radius 3 is 2.37 bits per heavy atom. The van der Waals surface area contributed by atoms with Crippen molar-refractivity contribution < 1.29 is 4.74 Å². The van der Waals surface area contributed by atoms with E-state index in [1.54, 1.807) is 7.11 Å². The minimum Gasteiger partial charge on any atom is -0.497 e. The van der Waals surface area contributed by atoms with E-state index in [9.17, 15) is 0 Å². The number of hydrogen-bond donors (Lipinski definition) is 0. The van der Waals surface area contributed by atoms with Crippen molar-refractivity contribution >= 4 is 5.69 Å². The first kappa shape index (κ1) is 14.0. The Hall–Kier alpha value is -1.44. The molecule has 0 N–H and O–H groups in total. The fourth-order valence-electron chi connectivity index (χ4n) is 2.81. The lowest BCUT2D eigenvalue weighted by molar-refractivity contribution is 0.413. The van der Waals surface area contributed by atoms with Gasteiger partial charge in [-0.3, -0.25) is 0 Å². The number of methoxy groups -OCH3 is 1. The van der Waals surface area contributed by atoms with E-state index < -0.39 is 0 Å². The number of anilines is 1. The molecule has 1 aliphatic heterocycles. The summed E-state index contributed by atoms with van der Waals surface area (Å²) in [5, 5.41) is 0. The second-order valence-corrected chi connectivity index (χ2v) is 6.96. The maximum Gasteiger partial charge on any atom is 0.119 e. The van der Waals surface area contributed by atoms with Crippen LogP contribution < -0.4 is 9.64 Å². The van der Waals surface area contributed by atoms with Crippen molar-refractivity contribution in [3.05, 3.63) is 35.5 Å². The minimum absolute atomic E-state index is 0.0197. The maximum atomic E-state index is 5.37. The second-order valence-electron chi connectivity index (χ2n) is 6.96. The molecule has 2 rings (SSSR count). The van der Waals surface area contributed by atoms with Crippen LogP contribution in [0.25, 0.3) is 0 Å². The van der Waals surface area contributed by atoms with E-state index >= 15 is 0 Å². The van der Waals surface area contributed by atoms with Crippen LogP contribution in [0.4, 0.5) is 5.69 Å². The number of hydrogen-bond acceptors (Lipinski definition) is 2. The van der Waals surface area contributed by atoms with Crippen molar-refractivity contribution in [2.75, 3.05) is 19.1 Å². The topological polar surface area (TPSA) is 12.5 Å². The molecule has 0 radical (unpaired) electrons. The molecule has 1 aliphatic rings. The van der Waals surface area contributed by atoms with Gasteiger partial charge in [-0.1, -0.05) is 40.7 Å². The van der Waals surface area contributed by atoms with Gasteiger partial charge in [0.1, 0.15) is 5.75 Å². The molecule has 2 nitrogen and oxygen atoms in total. The molecule has 0 spiro atoms. The van der Waals surface area contributed by atoms with E-state index in [4.69, 9.17) is 4.74 Å². The SMILES string of the molecule is COc1ccc2c(c1)C(C)(C)/C(=C\C(C)(C)C)N2C. The van der Waals surface area contributed by atoms with Crippen LogP contribution in [0.5, 0.6) is 5.75 Å². The van der Waals surface area contributed by atoms with Crippen LogP contribution in [0.15, 0.2) is 30.0 Å². The highest BCUT2D eigenvalue weighted by Crippen LogP contribution is 2.48. The van der Waals surface area contributed by atoms with Gasteiger partial charge in [0, 0.05) is 23.8 Å². The van der Waals surface area contributed by atoms with Crippen LogP contribution in [0.2, 0.25) is 0 Å². The molecule has 104 valence electrons. The fourth-order valence-corrected chi connectivity index (χ4v) is 2.81. The molecule has 0 saturated heterocycles. The Bertz CT molecular complexity index is 521. The molecule has 0 aliphatic carbocycles. The van der Waals surface area contributed by atoms with Crippen molar-refractivity contribution in [1.29, 1.82) is 0 Å². The number of rotatable bonds is 1. The van der Waals surface area contributed by atoms with E-state index in [1.165, 1.54) is 16.9 Å². The van der Waals surface area contributed by atoms with Gasteiger partial charge in [-0.2, -0.15) is 0 Å². The number of ether oxygens (including phenoxy) is 1. The molecule has 2 heteroatoms. The van der Waals surface area contributed by atoms with Crippen molar-refractivity contribution in [2.45, 2.75) is 40.0 Å². The first-order valence-corrected chi connectivity index (χ1v) is 6.82. The highest BCUT2D eigenvalue weighted by Gasteiger charge is 2.39. The highest BCUT2D eigenvalue weighted by molar-refractivity contribution is 5.71. The lowest BCUT2D eigenvalue weighted by Gasteiger charge is -2.27. The Morgan fingerprint density at radius 1 is 1.21 bits per heavy atom. The lowest BCUT2D eigenvalue weighted by atomic mass is 9.81. The molecule has 0 amide bonds. The molecule has 0 atom stereocenters. The summed E-state index contributed by atoms with van der Waals surface area (Å²) in [5.74, 6) is 0.928. The molecule has 19 heavy (non-hydrogen) atoms. The maximum absolute atomic E-state index is 5.37. The minimum atomic E-state index is 0.0197. The third-order valence-corrected chi connectivity index (χ3v) is 3.81. The molecule has 0 bridgehead atoms. The zero-order valence-electron chi connectivity index (χ0n) is 13.2. The Morgan fingerprint density at radius 2 is 1.84 bits per heavy atom. The van der Waals surface area contributed by atoms with Crippen LogP contribution in [0, 0.1) is 5.41 Å². The Kier molecular flexibility index (Phi) is 3.16. The highest BCUT2D eigenvalue weighted by atomic mass is 16.5. The molecule has 0 unspecified atom stereocenters. The van der Waals surface area contributed by atoms with Crippen molar-refractivity contribution in [2.24, 2.45) is 5.41 Å². The Balaban J connectivity index is 2.59. The number of allylic oxidation sites excluding steroid dienone is 2. The van der Waals surface area contributed by atoms with Crippen molar-refractivity contribution in [3.8, 4) is 5.75 Å². The first-order valence-electron chi connectivity index (χ1n) is 6.82. The zero-order valence-corrected chi connectivity index (χ0v) is 13.2. The van der Waals surface area contributed by atoms with Crippen LogP contribution >= 0.6 is 0 Å². The van der Waals surface area contributed by atoms with Gasteiger partial charge in [0.2, 0.25) is 0 Å². The monoisotopic (exact) mass is 259 g/mol. The molecular formula is C17H25NO. The molecule has 0 fully saturated rings. The Labute approximate surface area is 117 Å². The van der Waals surface area contributed by atoms with Gasteiger partial charge >= 0.3 is 0 Å². The predicted molar refractivity (Wildman–Crippen MR) is 82.0 cm³/mol. The largest absolute Gasteiger partial charge is 0.497 e. The van der Waals surface area contributed by atoms with Gasteiger partial charge in [0.15, 0.2) is 0 Å². The van der Waals surface area contributed by atoms with E-state index in [2.05, 4.69) is 64.8 Å². The van der Waals surface area contributed by atoms with Crippen LogP contribution in [0.1, 0.15) is 40.2 Å². The summed E-state index contributed by atoms with van der Waals surface area (Å²) in [7, 11) is 3.87. The summed E-state index contributed by atoms with van der Waals surface area (Å²) in [6.45, 7) is 11.3. The quantitative estimate of drug-likeness (QED) is 0.743. The summed E-state index contributed by atoms with van der Waals surface area (Å²) in [6, 6.07) is 6.35. The fraction of sp³-hybridized carbons (Fsp3) is 0.529. The van der Waals surface area contributed by atoms with E-state index in [0.717, 1.165) is 5.75 Å². The van der Waals surface area contributed by atoms with Crippen molar-refractivity contribution in [1.82, 2.24) is 0 Å². The summed E-state index contributed by atoms with van der Waals surface area (Å²) in [4.78, 5) is 2.31. The van der Waals surface area contributed by atoms with Crippen LogP contribution in [-0.2, 0) is 5.41 Å². The van der Waals surface area contributed by atoms with Gasteiger partial charge in [-0.25, -0.2) is 0 Å².